The van der Waals surface area contributed by atoms with Crippen LogP contribution in [0.15, 0.2) is 53.4 Å². The number of carbonyl (C=O) groups excluding carboxylic acids is 1. The first-order chi connectivity index (χ1) is 10.2. The summed E-state index contributed by atoms with van der Waals surface area (Å²) in [7, 11) is 0. The molecule has 0 heterocycles. The van der Waals surface area contributed by atoms with Gasteiger partial charge in [0, 0.05) is 17.1 Å². The number of urea groups is 1. The lowest BCUT2D eigenvalue weighted by atomic mass is 10.1. The van der Waals surface area contributed by atoms with Crippen LogP contribution in [0, 0.1) is 17.6 Å². The van der Waals surface area contributed by atoms with Gasteiger partial charge < -0.3 is 10.6 Å². The number of nitrogens with zero attached hydrogens (tertiary/aromatic N) is 1. The highest BCUT2D eigenvalue weighted by molar-refractivity contribution is 8.03. The molecule has 4 nitrogen and oxygen atoms in total. The Morgan fingerprint density at radius 2 is 1.90 bits per heavy atom. The van der Waals surface area contributed by atoms with Crippen LogP contribution < -0.4 is 10.6 Å². The third-order valence-corrected chi connectivity index (χ3v) is 3.58. The number of thiocyanates is 1. The first-order valence-corrected chi connectivity index (χ1v) is 7.26. The number of anilines is 1. The molecule has 21 heavy (non-hydrogen) atoms. The summed E-state index contributed by atoms with van der Waals surface area (Å²) in [5.41, 5.74) is 2.93. The number of nitriles is 1. The first-order valence-electron chi connectivity index (χ1n) is 6.44. The van der Waals surface area contributed by atoms with E-state index in [1.54, 1.807) is 24.3 Å². The molecule has 2 rings (SSSR count). The van der Waals surface area contributed by atoms with Gasteiger partial charge in [0.1, 0.15) is 5.40 Å². The van der Waals surface area contributed by atoms with E-state index in [0.717, 1.165) is 27.8 Å². The molecule has 0 radical (unpaired) electrons. The molecule has 2 aromatic carbocycles. The van der Waals surface area contributed by atoms with Crippen molar-refractivity contribution in [3.63, 3.8) is 0 Å². The second-order valence-electron chi connectivity index (χ2n) is 4.45. The minimum Gasteiger partial charge on any atom is -0.334 e. The summed E-state index contributed by atoms with van der Waals surface area (Å²) >= 11 is 1.09. The maximum absolute atomic E-state index is 11.8. The Kier molecular flexibility index (Phi) is 5.24. The molecule has 0 aromatic heterocycles. The molecule has 0 aliphatic rings. The molecule has 5 heteroatoms. The fourth-order valence-corrected chi connectivity index (χ4v) is 2.20. The topological polar surface area (TPSA) is 64.9 Å². The molecule has 0 bridgehead atoms. The largest absolute Gasteiger partial charge is 0.334 e. The molecule has 2 amide bonds. The van der Waals surface area contributed by atoms with Crippen LogP contribution in [0.5, 0.6) is 0 Å². The third-order valence-electron chi connectivity index (χ3n) is 2.98. The molecule has 0 saturated heterocycles. The molecule has 2 aromatic rings. The number of aryl methyl sites for hydroxylation is 1. The third kappa shape index (κ3) is 4.55. The maximum Gasteiger partial charge on any atom is 0.319 e. The zero-order valence-corrected chi connectivity index (χ0v) is 12.4. The summed E-state index contributed by atoms with van der Waals surface area (Å²) in [6.07, 6.45) is 0. The molecule has 0 atom stereocenters. The summed E-state index contributed by atoms with van der Waals surface area (Å²) in [5, 5.41) is 16.2. The average Bonchev–Trinajstić information content (AvgIpc) is 2.49. The van der Waals surface area contributed by atoms with Crippen molar-refractivity contribution in [2.24, 2.45) is 0 Å². The van der Waals surface area contributed by atoms with Gasteiger partial charge in [-0.05, 0) is 54.1 Å². The lowest BCUT2D eigenvalue weighted by Gasteiger charge is -2.09. The average molecular weight is 297 g/mol. The SMILES string of the molecule is Cc1ccccc1CNC(=O)Nc1ccc(SC#N)cc1. The molecular formula is C16H15N3OS. The van der Waals surface area contributed by atoms with Crippen LogP contribution in [0.1, 0.15) is 11.1 Å². The van der Waals surface area contributed by atoms with Gasteiger partial charge in [0.25, 0.3) is 0 Å². The Morgan fingerprint density at radius 3 is 2.57 bits per heavy atom. The highest BCUT2D eigenvalue weighted by Gasteiger charge is 2.03. The van der Waals surface area contributed by atoms with Crippen LogP contribution in [-0.4, -0.2) is 6.03 Å². The summed E-state index contributed by atoms with van der Waals surface area (Å²) in [4.78, 5) is 12.7. The van der Waals surface area contributed by atoms with Crippen LogP contribution in [0.2, 0.25) is 0 Å². The van der Waals surface area contributed by atoms with Gasteiger partial charge in [0.15, 0.2) is 0 Å². The van der Waals surface area contributed by atoms with Crippen LogP contribution in [0.25, 0.3) is 0 Å². The number of hydrogen-bond donors (Lipinski definition) is 2. The van der Waals surface area contributed by atoms with Gasteiger partial charge in [-0.1, -0.05) is 24.3 Å². The Morgan fingerprint density at radius 1 is 1.19 bits per heavy atom. The van der Waals surface area contributed by atoms with Crippen LogP contribution >= 0.6 is 11.8 Å². The van der Waals surface area contributed by atoms with E-state index in [2.05, 4.69) is 10.6 Å². The van der Waals surface area contributed by atoms with E-state index in [9.17, 15) is 4.79 Å². The summed E-state index contributed by atoms with van der Waals surface area (Å²) in [5.74, 6) is 0. The quantitative estimate of drug-likeness (QED) is 0.664. The maximum atomic E-state index is 11.8. The number of carbonyl (C=O) groups is 1. The van der Waals surface area contributed by atoms with E-state index in [1.807, 2.05) is 36.6 Å². The van der Waals surface area contributed by atoms with Crippen molar-refractivity contribution in [1.29, 1.82) is 5.26 Å². The normalized spacial score (nSPS) is 9.71. The van der Waals surface area contributed by atoms with Crippen LogP contribution in [0.4, 0.5) is 10.5 Å². The number of benzene rings is 2. The van der Waals surface area contributed by atoms with Gasteiger partial charge in [-0.25, -0.2) is 4.79 Å². The van der Waals surface area contributed by atoms with Crippen molar-refractivity contribution < 1.29 is 4.79 Å². The monoisotopic (exact) mass is 297 g/mol. The van der Waals surface area contributed by atoms with E-state index in [-0.39, 0.29) is 6.03 Å². The molecule has 0 aliphatic carbocycles. The van der Waals surface area contributed by atoms with Crippen LogP contribution in [0.3, 0.4) is 0 Å². The second-order valence-corrected chi connectivity index (χ2v) is 5.31. The van der Waals surface area contributed by atoms with E-state index in [1.165, 1.54) is 0 Å². The van der Waals surface area contributed by atoms with Gasteiger partial charge >= 0.3 is 6.03 Å². The molecule has 0 saturated carbocycles. The predicted molar refractivity (Wildman–Crippen MR) is 84.9 cm³/mol. The van der Waals surface area contributed by atoms with E-state index in [4.69, 9.17) is 5.26 Å². The molecule has 106 valence electrons. The molecule has 0 unspecified atom stereocenters. The predicted octanol–water partition coefficient (Wildman–Crippen LogP) is 3.89. The zero-order valence-electron chi connectivity index (χ0n) is 11.6. The van der Waals surface area contributed by atoms with Gasteiger partial charge in [-0.15, -0.1) is 0 Å². The Balaban J connectivity index is 1.87. The lowest BCUT2D eigenvalue weighted by molar-refractivity contribution is 0.251. The summed E-state index contributed by atoms with van der Waals surface area (Å²) in [6.45, 7) is 2.50. The van der Waals surface area contributed by atoms with Gasteiger partial charge in [-0.2, -0.15) is 5.26 Å². The van der Waals surface area contributed by atoms with Crippen molar-refractivity contribution in [3.05, 3.63) is 59.7 Å². The van der Waals surface area contributed by atoms with Crippen molar-refractivity contribution in [2.45, 2.75) is 18.4 Å². The fraction of sp³-hybridized carbons (Fsp3) is 0.125. The van der Waals surface area contributed by atoms with Crippen molar-refractivity contribution in [3.8, 4) is 5.40 Å². The smallest absolute Gasteiger partial charge is 0.319 e. The van der Waals surface area contributed by atoms with Crippen molar-refractivity contribution in [1.82, 2.24) is 5.32 Å². The summed E-state index contributed by atoms with van der Waals surface area (Å²) < 4.78 is 0. The number of nitrogens with one attached hydrogen (secondary N) is 2. The van der Waals surface area contributed by atoms with E-state index in [0.29, 0.717) is 12.2 Å². The highest BCUT2D eigenvalue weighted by atomic mass is 32.2. The Bertz CT molecular complexity index is 662. The minimum atomic E-state index is -0.251. The van der Waals surface area contributed by atoms with Gasteiger partial charge in [0.2, 0.25) is 0 Å². The lowest BCUT2D eigenvalue weighted by Crippen LogP contribution is -2.28. The van der Waals surface area contributed by atoms with Crippen LogP contribution in [-0.2, 0) is 6.54 Å². The first kappa shape index (κ1) is 14.9. The van der Waals surface area contributed by atoms with Crippen molar-refractivity contribution >= 4 is 23.5 Å². The Hall–Kier alpha value is -2.45. The molecule has 0 aliphatic heterocycles. The number of thioether (sulfide) groups is 1. The van der Waals surface area contributed by atoms with E-state index >= 15 is 0 Å². The molecular weight excluding hydrogens is 282 g/mol. The Labute approximate surface area is 128 Å². The number of hydrogen-bond acceptors (Lipinski definition) is 3. The van der Waals surface area contributed by atoms with E-state index < -0.39 is 0 Å². The number of amides is 2. The second kappa shape index (κ2) is 7.36. The molecule has 0 fully saturated rings. The fourth-order valence-electron chi connectivity index (χ4n) is 1.82. The zero-order chi connectivity index (χ0) is 15.1. The molecule has 0 spiro atoms. The summed E-state index contributed by atoms with van der Waals surface area (Å²) in [6, 6.07) is 14.8. The highest BCUT2D eigenvalue weighted by Crippen LogP contribution is 2.18. The number of rotatable bonds is 4. The standard InChI is InChI=1S/C16H15N3OS/c1-12-4-2-3-5-13(12)10-18-16(20)19-14-6-8-15(9-7-14)21-11-17/h2-9H,10H2,1H3,(H2,18,19,20). The van der Waals surface area contributed by atoms with Gasteiger partial charge in [0.05, 0.1) is 0 Å². The minimum absolute atomic E-state index is 0.251. The molecule has 2 N–H and O–H groups in total. The van der Waals surface area contributed by atoms with Gasteiger partial charge in [-0.3, -0.25) is 0 Å². The van der Waals surface area contributed by atoms with Crippen molar-refractivity contribution in [2.75, 3.05) is 5.32 Å².